The van der Waals surface area contributed by atoms with Gasteiger partial charge in [0.05, 0.1) is 12.3 Å². The highest BCUT2D eigenvalue weighted by atomic mass is 19.4. The summed E-state index contributed by atoms with van der Waals surface area (Å²) < 4.78 is 42.4. The molecule has 0 unspecified atom stereocenters. The van der Waals surface area contributed by atoms with E-state index >= 15 is 0 Å². The molecule has 0 fully saturated rings. The van der Waals surface area contributed by atoms with Crippen molar-refractivity contribution in [3.63, 3.8) is 0 Å². The highest BCUT2D eigenvalue weighted by Gasteiger charge is 2.29. The predicted molar refractivity (Wildman–Crippen MR) is 97.1 cm³/mol. The Labute approximate surface area is 164 Å². The second-order valence-corrected chi connectivity index (χ2v) is 6.67. The lowest BCUT2D eigenvalue weighted by Crippen LogP contribution is -2.32. The van der Waals surface area contributed by atoms with Gasteiger partial charge in [-0.2, -0.15) is 13.2 Å². The van der Waals surface area contributed by atoms with E-state index in [0.29, 0.717) is 24.4 Å². The number of halogens is 3. The number of ether oxygens (including phenoxy) is 1. The summed E-state index contributed by atoms with van der Waals surface area (Å²) >= 11 is 0. The van der Waals surface area contributed by atoms with Gasteiger partial charge in [-0.25, -0.2) is 9.97 Å². The molecule has 2 aliphatic rings. The molecule has 1 aromatic heterocycles. The first-order valence-electron chi connectivity index (χ1n) is 9.06. The number of fused-ring (bicyclic) bond motifs is 2. The van der Waals surface area contributed by atoms with Crippen molar-refractivity contribution in [1.29, 1.82) is 0 Å². The van der Waals surface area contributed by atoms with E-state index in [1.54, 1.807) is 17.0 Å². The average molecular weight is 406 g/mol. The molecule has 0 spiro atoms. The number of carbonyl (C=O) groups excluding carboxylic acids is 1. The van der Waals surface area contributed by atoms with Gasteiger partial charge in [-0.3, -0.25) is 4.79 Å². The van der Waals surface area contributed by atoms with E-state index in [1.165, 1.54) is 12.5 Å². The average Bonchev–Trinajstić information content (AvgIpc) is 2.86. The summed E-state index contributed by atoms with van der Waals surface area (Å²) in [5, 5.41) is 3.69. The lowest BCUT2D eigenvalue weighted by molar-refractivity contribution is -0.173. The van der Waals surface area contributed by atoms with Crippen LogP contribution in [-0.4, -0.2) is 47.5 Å². The molecule has 7 nitrogen and oxygen atoms in total. The molecule has 2 heterocycles. The van der Waals surface area contributed by atoms with Crippen LogP contribution in [0, 0.1) is 0 Å². The highest BCUT2D eigenvalue weighted by Crippen LogP contribution is 2.29. The molecule has 1 aliphatic carbocycles. The number of hydrogen-bond donors (Lipinski definition) is 0. The molecule has 0 saturated heterocycles. The summed E-state index contributed by atoms with van der Waals surface area (Å²) in [6.07, 6.45) is 0.316. The van der Waals surface area contributed by atoms with Crippen LogP contribution in [0.4, 0.5) is 18.9 Å². The second kappa shape index (κ2) is 7.69. The number of alkyl halides is 3. The van der Waals surface area contributed by atoms with Gasteiger partial charge in [0.2, 0.25) is 12.5 Å². The second-order valence-electron chi connectivity index (χ2n) is 6.67. The normalized spacial score (nSPS) is 18.0. The smallest absolute Gasteiger partial charge is 0.425 e. The Kier molecular flexibility index (Phi) is 5.08. The van der Waals surface area contributed by atoms with E-state index in [2.05, 4.69) is 20.0 Å². The number of carbonyl (C=O) groups is 1. The lowest BCUT2D eigenvalue weighted by Gasteiger charge is -2.24. The van der Waals surface area contributed by atoms with Crippen LogP contribution in [-0.2, 0) is 11.3 Å². The molecule has 0 saturated carbocycles. The Morgan fingerprint density at radius 3 is 2.93 bits per heavy atom. The monoisotopic (exact) mass is 406 g/mol. The lowest BCUT2D eigenvalue weighted by atomic mass is 9.89. The number of rotatable bonds is 3. The van der Waals surface area contributed by atoms with Crippen molar-refractivity contribution in [2.45, 2.75) is 25.4 Å². The van der Waals surface area contributed by atoms with Crippen molar-refractivity contribution in [2.24, 2.45) is 5.16 Å². The van der Waals surface area contributed by atoms with Gasteiger partial charge >= 0.3 is 6.18 Å². The molecule has 4 rings (SSSR count). The molecule has 1 aliphatic heterocycles. The molecule has 152 valence electrons. The van der Waals surface area contributed by atoms with E-state index in [0.717, 1.165) is 24.0 Å². The highest BCUT2D eigenvalue weighted by molar-refractivity contribution is 6.08. The maximum atomic E-state index is 12.9. The Bertz CT molecular complexity index is 962. The van der Waals surface area contributed by atoms with Crippen LogP contribution in [0.2, 0.25) is 0 Å². The van der Waals surface area contributed by atoms with Crippen LogP contribution in [0.25, 0.3) is 0 Å². The molecular formula is C19H17F3N4O3. The third-order valence-electron chi connectivity index (χ3n) is 4.68. The number of anilines is 1. The largest absolute Gasteiger partial charge is 0.475 e. The van der Waals surface area contributed by atoms with Crippen molar-refractivity contribution >= 4 is 17.3 Å². The molecule has 1 amide bonds. The van der Waals surface area contributed by atoms with E-state index in [-0.39, 0.29) is 24.0 Å². The van der Waals surface area contributed by atoms with Crippen LogP contribution >= 0.6 is 0 Å². The summed E-state index contributed by atoms with van der Waals surface area (Å²) in [7, 11) is 0. The molecule has 0 bridgehead atoms. The number of nitrogens with zero attached hydrogens (tertiary/aromatic N) is 4. The van der Waals surface area contributed by atoms with Gasteiger partial charge in [0.15, 0.2) is 0 Å². The molecule has 1 aromatic carbocycles. The zero-order valence-corrected chi connectivity index (χ0v) is 15.3. The standard InChI is InChI=1S/C19H17F3N4O3/c20-19(21,22)10-29-25-16-3-1-2-12-8-13(4-5-14(12)16)26-6-7-28-17-15(18(26)27)9-23-11-24-17/h4-5,8-9,11H,1-3,6-7,10H2/b25-16-. The van der Waals surface area contributed by atoms with E-state index < -0.39 is 12.8 Å². The first-order valence-corrected chi connectivity index (χ1v) is 9.06. The third kappa shape index (κ3) is 4.15. The summed E-state index contributed by atoms with van der Waals surface area (Å²) in [5.74, 6) is -0.0158. The number of oxime groups is 1. The number of aromatic nitrogens is 2. The first-order chi connectivity index (χ1) is 13.9. The predicted octanol–water partition coefficient (Wildman–Crippen LogP) is 3.14. The van der Waals surface area contributed by atoms with Crippen molar-refractivity contribution in [3.05, 3.63) is 47.4 Å². The van der Waals surface area contributed by atoms with Crippen molar-refractivity contribution in [1.82, 2.24) is 9.97 Å². The minimum atomic E-state index is -4.43. The van der Waals surface area contributed by atoms with Crippen molar-refractivity contribution in [2.75, 3.05) is 24.7 Å². The van der Waals surface area contributed by atoms with Gasteiger partial charge < -0.3 is 14.5 Å². The van der Waals surface area contributed by atoms with Crippen molar-refractivity contribution in [3.8, 4) is 5.88 Å². The summed E-state index contributed by atoms with van der Waals surface area (Å²) in [5.41, 5.74) is 3.08. The minimum Gasteiger partial charge on any atom is -0.475 e. The van der Waals surface area contributed by atoms with Gasteiger partial charge in [0, 0.05) is 17.4 Å². The van der Waals surface area contributed by atoms with Crippen LogP contribution in [0.1, 0.15) is 34.3 Å². The fourth-order valence-electron chi connectivity index (χ4n) is 3.40. The van der Waals surface area contributed by atoms with Gasteiger partial charge in [0.1, 0.15) is 18.5 Å². The summed E-state index contributed by atoms with van der Waals surface area (Å²) in [4.78, 5) is 26.9. The zero-order valence-electron chi connectivity index (χ0n) is 15.3. The Morgan fingerprint density at radius 2 is 2.10 bits per heavy atom. The fraction of sp³-hybridized carbons (Fsp3) is 0.368. The van der Waals surface area contributed by atoms with E-state index in [4.69, 9.17) is 4.74 Å². The third-order valence-corrected chi connectivity index (χ3v) is 4.68. The number of hydrogen-bond acceptors (Lipinski definition) is 6. The molecule has 2 aromatic rings. The van der Waals surface area contributed by atoms with Gasteiger partial charge in [-0.1, -0.05) is 11.2 Å². The number of benzene rings is 1. The van der Waals surface area contributed by atoms with E-state index in [1.807, 2.05) is 6.07 Å². The van der Waals surface area contributed by atoms with Gasteiger partial charge in [-0.15, -0.1) is 0 Å². The van der Waals surface area contributed by atoms with Gasteiger partial charge in [-0.05, 0) is 37.0 Å². The number of aryl methyl sites for hydroxylation is 1. The minimum absolute atomic E-state index is 0.252. The van der Waals surface area contributed by atoms with Gasteiger partial charge in [0.25, 0.3) is 5.91 Å². The molecule has 29 heavy (non-hydrogen) atoms. The van der Waals surface area contributed by atoms with Crippen LogP contribution in [0.3, 0.4) is 0 Å². The first kappa shape index (κ1) is 19.2. The van der Waals surface area contributed by atoms with E-state index in [9.17, 15) is 18.0 Å². The maximum Gasteiger partial charge on any atom is 0.425 e. The molecule has 0 N–H and O–H groups in total. The summed E-state index contributed by atoms with van der Waals surface area (Å²) in [6.45, 7) is -0.803. The Hall–Kier alpha value is -3.17. The van der Waals surface area contributed by atoms with Crippen LogP contribution in [0.5, 0.6) is 5.88 Å². The topological polar surface area (TPSA) is 76.9 Å². The maximum absolute atomic E-state index is 12.9. The number of amides is 1. The van der Waals surface area contributed by atoms with Crippen LogP contribution < -0.4 is 9.64 Å². The fourth-order valence-corrected chi connectivity index (χ4v) is 3.40. The summed E-state index contributed by atoms with van der Waals surface area (Å²) in [6, 6.07) is 5.37. The van der Waals surface area contributed by atoms with Crippen LogP contribution in [0.15, 0.2) is 35.9 Å². The molecule has 10 heteroatoms. The van der Waals surface area contributed by atoms with Crippen molar-refractivity contribution < 1.29 is 27.5 Å². The zero-order chi connectivity index (χ0) is 20.4. The SMILES string of the molecule is O=C1c2cncnc2OCCN1c1ccc2c(c1)CCC/C2=N/OCC(F)(F)F. The molecular weight excluding hydrogens is 389 g/mol. The molecule has 0 atom stereocenters. The Balaban J connectivity index is 1.60. The quantitative estimate of drug-likeness (QED) is 0.732. The molecule has 0 radical (unpaired) electrons. The Morgan fingerprint density at radius 1 is 1.24 bits per heavy atom.